The van der Waals surface area contributed by atoms with E-state index in [1.54, 1.807) is 0 Å². The van der Waals surface area contributed by atoms with Crippen molar-refractivity contribution in [2.75, 3.05) is 0 Å². The van der Waals surface area contributed by atoms with Crippen molar-refractivity contribution in [3.63, 3.8) is 0 Å². The van der Waals surface area contributed by atoms with Gasteiger partial charge in [0.15, 0.2) is 0 Å². The standard InChI is InChI=1S/C18H16ClNS/c19-17-8-4-1-5-14(17)12-21-18-10-9-13(11-20)15-6-2-3-7-16(15)18/h1-10H,11-12,20H2. The van der Waals surface area contributed by atoms with Gasteiger partial charge in [-0.1, -0.05) is 60.1 Å². The second kappa shape index (κ2) is 6.52. The summed E-state index contributed by atoms with van der Waals surface area (Å²) in [4.78, 5) is 1.27. The maximum atomic E-state index is 6.23. The zero-order valence-corrected chi connectivity index (χ0v) is 13.1. The van der Waals surface area contributed by atoms with Crippen LogP contribution in [-0.2, 0) is 12.3 Å². The van der Waals surface area contributed by atoms with Gasteiger partial charge in [0.05, 0.1) is 0 Å². The number of fused-ring (bicyclic) bond motifs is 1. The van der Waals surface area contributed by atoms with Gasteiger partial charge < -0.3 is 5.73 Å². The van der Waals surface area contributed by atoms with Crippen LogP contribution in [0.1, 0.15) is 11.1 Å². The topological polar surface area (TPSA) is 26.0 Å². The van der Waals surface area contributed by atoms with Crippen LogP contribution >= 0.6 is 23.4 Å². The fourth-order valence-electron chi connectivity index (χ4n) is 2.41. The van der Waals surface area contributed by atoms with Gasteiger partial charge in [0.1, 0.15) is 0 Å². The minimum atomic E-state index is 0.565. The molecule has 0 spiro atoms. The molecule has 3 rings (SSSR count). The second-order valence-electron chi connectivity index (χ2n) is 4.85. The summed E-state index contributed by atoms with van der Waals surface area (Å²) in [6.07, 6.45) is 0. The summed E-state index contributed by atoms with van der Waals surface area (Å²) in [6, 6.07) is 20.7. The summed E-state index contributed by atoms with van der Waals surface area (Å²) < 4.78 is 0. The van der Waals surface area contributed by atoms with E-state index in [2.05, 4.69) is 42.5 Å². The molecule has 21 heavy (non-hydrogen) atoms. The third-order valence-corrected chi connectivity index (χ3v) is 5.03. The normalized spacial score (nSPS) is 11.0. The van der Waals surface area contributed by atoms with Crippen molar-refractivity contribution in [3.8, 4) is 0 Å². The molecule has 2 N–H and O–H groups in total. The van der Waals surface area contributed by atoms with E-state index in [4.69, 9.17) is 17.3 Å². The van der Waals surface area contributed by atoms with Crippen LogP contribution < -0.4 is 5.73 Å². The molecule has 0 aromatic heterocycles. The number of thioether (sulfide) groups is 1. The lowest BCUT2D eigenvalue weighted by Gasteiger charge is -2.10. The summed E-state index contributed by atoms with van der Waals surface area (Å²) >= 11 is 8.04. The van der Waals surface area contributed by atoms with Gasteiger partial charge >= 0.3 is 0 Å². The first-order valence-electron chi connectivity index (χ1n) is 6.86. The summed E-state index contributed by atoms with van der Waals surface area (Å²) in [5, 5.41) is 3.33. The smallest absolute Gasteiger partial charge is 0.0446 e. The van der Waals surface area contributed by atoms with E-state index in [-0.39, 0.29) is 0 Å². The van der Waals surface area contributed by atoms with E-state index in [9.17, 15) is 0 Å². The van der Waals surface area contributed by atoms with E-state index in [0.29, 0.717) is 6.54 Å². The molecule has 0 atom stereocenters. The fourth-order valence-corrected chi connectivity index (χ4v) is 3.75. The maximum absolute atomic E-state index is 6.23. The summed E-state index contributed by atoms with van der Waals surface area (Å²) in [5.41, 5.74) is 8.18. The van der Waals surface area contributed by atoms with E-state index in [0.717, 1.165) is 16.3 Å². The molecule has 0 aliphatic rings. The highest BCUT2D eigenvalue weighted by atomic mass is 35.5. The van der Waals surface area contributed by atoms with Crippen molar-refractivity contribution in [1.82, 2.24) is 0 Å². The van der Waals surface area contributed by atoms with Crippen LogP contribution in [0.4, 0.5) is 0 Å². The van der Waals surface area contributed by atoms with Gasteiger partial charge in [0.25, 0.3) is 0 Å². The molecular formula is C18H16ClNS. The van der Waals surface area contributed by atoms with E-state index < -0.39 is 0 Å². The Labute approximate surface area is 134 Å². The van der Waals surface area contributed by atoms with Crippen LogP contribution in [0.5, 0.6) is 0 Å². The second-order valence-corrected chi connectivity index (χ2v) is 6.28. The van der Waals surface area contributed by atoms with Crippen LogP contribution in [-0.4, -0.2) is 0 Å². The SMILES string of the molecule is NCc1ccc(SCc2ccccc2Cl)c2ccccc12. The Morgan fingerprint density at radius 2 is 1.52 bits per heavy atom. The van der Waals surface area contributed by atoms with Gasteiger partial charge in [-0.25, -0.2) is 0 Å². The van der Waals surface area contributed by atoms with E-state index in [1.807, 2.05) is 30.0 Å². The molecule has 0 saturated heterocycles. The molecule has 0 amide bonds. The molecule has 0 fully saturated rings. The van der Waals surface area contributed by atoms with E-state index in [1.165, 1.54) is 21.2 Å². The summed E-state index contributed by atoms with van der Waals surface area (Å²) in [5.74, 6) is 0.867. The molecule has 3 aromatic rings. The maximum Gasteiger partial charge on any atom is 0.0446 e. The number of halogens is 1. The van der Waals surface area contributed by atoms with Crippen LogP contribution in [0.25, 0.3) is 10.8 Å². The average Bonchev–Trinajstić information content (AvgIpc) is 2.54. The van der Waals surface area contributed by atoms with Gasteiger partial charge in [0, 0.05) is 22.2 Å². The van der Waals surface area contributed by atoms with Crippen LogP contribution in [0.15, 0.2) is 65.6 Å². The molecular weight excluding hydrogens is 298 g/mol. The number of hydrogen-bond donors (Lipinski definition) is 1. The molecule has 0 heterocycles. The highest BCUT2D eigenvalue weighted by Crippen LogP contribution is 2.33. The minimum absolute atomic E-state index is 0.565. The molecule has 0 radical (unpaired) electrons. The molecule has 0 unspecified atom stereocenters. The first-order chi connectivity index (χ1) is 10.3. The molecule has 106 valence electrons. The monoisotopic (exact) mass is 313 g/mol. The molecule has 1 nitrogen and oxygen atoms in total. The highest BCUT2D eigenvalue weighted by molar-refractivity contribution is 7.98. The lowest BCUT2D eigenvalue weighted by atomic mass is 10.0. The number of rotatable bonds is 4. The molecule has 0 bridgehead atoms. The number of hydrogen-bond acceptors (Lipinski definition) is 2. The Balaban J connectivity index is 1.93. The molecule has 0 aliphatic heterocycles. The summed E-state index contributed by atoms with van der Waals surface area (Å²) in [7, 11) is 0. The van der Waals surface area contributed by atoms with Crippen molar-refractivity contribution < 1.29 is 0 Å². The fraction of sp³-hybridized carbons (Fsp3) is 0.111. The van der Waals surface area contributed by atoms with E-state index >= 15 is 0 Å². The lowest BCUT2D eigenvalue weighted by molar-refractivity contribution is 1.08. The Morgan fingerprint density at radius 3 is 2.29 bits per heavy atom. The number of nitrogens with two attached hydrogens (primary N) is 1. The summed E-state index contributed by atoms with van der Waals surface area (Å²) in [6.45, 7) is 0.565. The first-order valence-corrected chi connectivity index (χ1v) is 8.23. The van der Waals surface area contributed by atoms with Crippen molar-refractivity contribution in [1.29, 1.82) is 0 Å². The Hall–Kier alpha value is -1.48. The average molecular weight is 314 g/mol. The predicted octanol–water partition coefficient (Wildman–Crippen LogP) is 5.24. The molecule has 3 aromatic carbocycles. The van der Waals surface area contributed by atoms with Crippen molar-refractivity contribution >= 4 is 34.1 Å². The van der Waals surface area contributed by atoms with Crippen LogP contribution in [0, 0.1) is 0 Å². The van der Waals surface area contributed by atoms with Gasteiger partial charge in [-0.05, 0) is 34.0 Å². The first kappa shape index (κ1) is 14.5. The predicted molar refractivity (Wildman–Crippen MR) is 92.9 cm³/mol. The van der Waals surface area contributed by atoms with Crippen molar-refractivity contribution in [2.45, 2.75) is 17.2 Å². The van der Waals surface area contributed by atoms with Gasteiger partial charge in [-0.15, -0.1) is 11.8 Å². The minimum Gasteiger partial charge on any atom is -0.326 e. The van der Waals surface area contributed by atoms with Crippen LogP contribution in [0.2, 0.25) is 5.02 Å². The lowest BCUT2D eigenvalue weighted by Crippen LogP contribution is -1.97. The Kier molecular flexibility index (Phi) is 4.49. The third kappa shape index (κ3) is 3.08. The van der Waals surface area contributed by atoms with Gasteiger partial charge in [-0.2, -0.15) is 0 Å². The van der Waals surface area contributed by atoms with Gasteiger partial charge in [-0.3, -0.25) is 0 Å². The molecule has 0 saturated carbocycles. The zero-order chi connectivity index (χ0) is 14.7. The Bertz CT molecular complexity index is 770. The Morgan fingerprint density at radius 1 is 0.810 bits per heavy atom. The molecule has 3 heteroatoms. The van der Waals surface area contributed by atoms with Crippen molar-refractivity contribution in [3.05, 3.63) is 76.8 Å². The largest absolute Gasteiger partial charge is 0.326 e. The van der Waals surface area contributed by atoms with Crippen LogP contribution in [0.3, 0.4) is 0 Å². The number of benzene rings is 3. The molecule has 0 aliphatic carbocycles. The highest BCUT2D eigenvalue weighted by Gasteiger charge is 2.06. The third-order valence-electron chi connectivity index (χ3n) is 3.54. The van der Waals surface area contributed by atoms with Crippen molar-refractivity contribution in [2.24, 2.45) is 5.73 Å². The quantitative estimate of drug-likeness (QED) is 0.666. The van der Waals surface area contributed by atoms with Gasteiger partial charge in [0.2, 0.25) is 0 Å². The zero-order valence-electron chi connectivity index (χ0n) is 11.6.